The van der Waals surface area contributed by atoms with Crippen molar-refractivity contribution in [3.8, 4) is 0 Å². The van der Waals surface area contributed by atoms with Gasteiger partial charge in [0.25, 0.3) is 0 Å². The van der Waals surface area contributed by atoms with E-state index in [2.05, 4.69) is 20.8 Å². The van der Waals surface area contributed by atoms with Crippen molar-refractivity contribution in [1.82, 2.24) is 0 Å². The third-order valence-corrected chi connectivity index (χ3v) is 11.2. The maximum absolute atomic E-state index is 9.36. The number of hydrogen-bond donors (Lipinski definition) is 2. The summed E-state index contributed by atoms with van der Waals surface area (Å²) in [6.45, 7) is 9.84. The number of rotatable bonds is 6. The van der Waals surface area contributed by atoms with Crippen LogP contribution in [0.1, 0.15) is 111 Å². The van der Waals surface area contributed by atoms with Crippen molar-refractivity contribution < 1.29 is 10.2 Å². The van der Waals surface area contributed by atoms with Crippen LogP contribution in [0.15, 0.2) is 0 Å². The highest BCUT2D eigenvalue weighted by Crippen LogP contribution is 2.68. The molecule has 168 valence electrons. The largest absolute Gasteiger partial charge is 0.368 e. The minimum absolute atomic E-state index is 0.0102. The zero-order valence-electron chi connectivity index (χ0n) is 19.7. The summed E-state index contributed by atoms with van der Waals surface area (Å²) in [6.07, 6.45) is 17.2. The summed E-state index contributed by atoms with van der Waals surface area (Å²) in [5.74, 6) is 5.71. The van der Waals surface area contributed by atoms with Crippen molar-refractivity contribution in [3.05, 3.63) is 0 Å². The average Bonchev–Trinajstić information content (AvgIpc) is 3.04. The summed E-state index contributed by atoms with van der Waals surface area (Å²) in [4.78, 5) is 0. The maximum atomic E-state index is 9.36. The van der Waals surface area contributed by atoms with Crippen LogP contribution < -0.4 is 0 Å². The van der Waals surface area contributed by atoms with E-state index in [9.17, 15) is 10.2 Å². The molecule has 4 fully saturated rings. The van der Waals surface area contributed by atoms with Gasteiger partial charge < -0.3 is 10.2 Å². The molecule has 0 aromatic rings. The van der Waals surface area contributed by atoms with E-state index < -0.39 is 6.29 Å². The van der Waals surface area contributed by atoms with Crippen LogP contribution in [0.4, 0.5) is 0 Å². The summed E-state index contributed by atoms with van der Waals surface area (Å²) in [5.41, 5.74) is 1.23. The van der Waals surface area contributed by atoms with Gasteiger partial charge >= 0.3 is 0 Å². The highest BCUT2D eigenvalue weighted by atomic mass is 16.5. The summed E-state index contributed by atoms with van der Waals surface area (Å²) in [7, 11) is 0. The second kappa shape index (κ2) is 8.45. The van der Waals surface area contributed by atoms with Gasteiger partial charge in [-0.3, -0.25) is 0 Å². The molecule has 2 heteroatoms. The molecule has 0 bridgehead atoms. The van der Waals surface area contributed by atoms with E-state index in [1.54, 1.807) is 0 Å². The molecule has 4 rings (SSSR count). The molecule has 4 saturated carbocycles. The van der Waals surface area contributed by atoms with Gasteiger partial charge in [0, 0.05) is 5.92 Å². The SMILES string of the molecule is C[C@H](CCC[C@@H](C)[C@H]1CC[C@H]2[C@@H]3CCC4CCCC[C@]4(C)[C@H]3CC[C@]12C)C(O)O. The lowest BCUT2D eigenvalue weighted by Gasteiger charge is -2.61. The minimum Gasteiger partial charge on any atom is -0.368 e. The van der Waals surface area contributed by atoms with Crippen molar-refractivity contribution in [2.45, 2.75) is 117 Å². The van der Waals surface area contributed by atoms with Crippen LogP contribution in [-0.2, 0) is 0 Å². The molecule has 2 N–H and O–H groups in total. The first-order chi connectivity index (χ1) is 13.8. The third kappa shape index (κ3) is 3.84. The van der Waals surface area contributed by atoms with Gasteiger partial charge in [-0.05, 0) is 104 Å². The fourth-order valence-corrected chi connectivity index (χ4v) is 9.38. The summed E-state index contributed by atoms with van der Waals surface area (Å²) < 4.78 is 0. The maximum Gasteiger partial charge on any atom is 0.154 e. The fraction of sp³-hybridized carbons (Fsp3) is 1.00. The second-order valence-corrected chi connectivity index (χ2v) is 12.4. The van der Waals surface area contributed by atoms with Gasteiger partial charge in [0.2, 0.25) is 0 Å². The van der Waals surface area contributed by atoms with Crippen LogP contribution >= 0.6 is 0 Å². The third-order valence-electron chi connectivity index (χ3n) is 11.2. The Balaban J connectivity index is 1.41. The van der Waals surface area contributed by atoms with Crippen molar-refractivity contribution in [2.75, 3.05) is 0 Å². The monoisotopic (exact) mass is 404 g/mol. The van der Waals surface area contributed by atoms with Crippen LogP contribution in [-0.4, -0.2) is 16.5 Å². The highest BCUT2D eigenvalue weighted by Gasteiger charge is 2.59. The Morgan fingerprint density at radius 1 is 0.793 bits per heavy atom. The predicted octanol–water partition coefficient (Wildman–Crippen LogP) is 6.79. The first-order valence-electron chi connectivity index (χ1n) is 13.1. The van der Waals surface area contributed by atoms with Gasteiger partial charge in [-0.25, -0.2) is 0 Å². The lowest BCUT2D eigenvalue weighted by Crippen LogP contribution is -2.53. The molecule has 0 radical (unpaired) electrons. The Hall–Kier alpha value is -0.0800. The van der Waals surface area contributed by atoms with Gasteiger partial charge in [0.05, 0.1) is 0 Å². The summed E-state index contributed by atoms with van der Waals surface area (Å²) >= 11 is 0. The van der Waals surface area contributed by atoms with Gasteiger partial charge in [-0.15, -0.1) is 0 Å². The molecule has 1 unspecified atom stereocenters. The molecule has 4 aliphatic rings. The smallest absolute Gasteiger partial charge is 0.154 e. The van der Waals surface area contributed by atoms with Crippen molar-refractivity contribution >= 4 is 0 Å². The normalized spacial score (nSPS) is 46.7. The Morgan fingerprint density at radius 3 is 2.31 bits per heavy atom. The zero-order valence-corrected chi connectivity index (χ0v) is 19.7. The van der Waals surface area contributed by atoms with Crippen molar-refractivity contribution in [3.63, 3.8) is 0 Å². The quantitative estimate of drug-likeness (QED) is 0.478. The van der Waals surface area contributed by atoms with Crippen molar-refractivity contribution in [1.29, 1.82) is 0 Å². The van der Waals surface area contributed by atoms with E-state index in [-0.39, 0.29) is 5.92 Å². The van der Waals surface area contributed by atoms with E-state index in [4.69, 9.17) is 0 Å². The Labute approximate surface area is 180 Å². The van der Waals surface area contributed by atoms with E-state index in [0.717, 1.165) is 48.3 Å². The molecular weight excluding hydrogens is 356 g/mol. The van der Waals surface area contributed by atoms with Gasteiger partial charge in [0.1, 0.15) is 0 Å². The van der Waals surface area contributed by atoms with Crippen molar-refractivity contribution in [2.24, 2.45) is 52.3 Å². The molecule has 0 heterocycles. The summed E-state index contributed by atoms with van der Waals surface area (Å²) in [5, 5.41) is 18.7. The standard InChI is InChI=1S/C27H48O2/c1-18(8-7-9-19(2)25(28)29)22-13-14-23-21-12-11-20-10-5-6-16-26(20,3)24(21)15-17-27(22,23)4/h18-25,28-29H,5-17H2,1-4H3/t18-,19-,20?,21+,22-,23+,24+,26+,27-/m1/s1. The lowest BCUT2D eigenvalue weighted by molar-refractivity contribution is -0.114. The van der Waals surface area contributed by atoms with E-state index in [1.807, 2.05) is 6.92 Å². The van der Waals surface area contributed by atoms with Crippen LogP contribution in [0.3, 0.4) is 0 Å². The molecule has 0 aliphatic heterocycles. The van der Waals surface area contributed by atoms with Gasteiger partial charge in [0.15, 0.2) is 6.29 Å². The Morgan fingerprint density at radius 2 is 1.55 bits per heavy atom. The topological polar surface area (TPSA) is 40.5 Å². The van der Waals surface area contributed by atoms with E-state index in [1.165, 1.54) is 70.6 Å². The van der Waals surface area contributed by atoms with Gasteiger partial charge in [-0.1, -0.05) is 53.4 Å². The van der Waals surface area contributed by atoms with E-state index in [0.29, 0.717) is 10.8 Å². The van der Waals surface area contributed by atoms with E-state index >= 15 is 0 Å². The first-order valence-corrected chi connectivity index (χ1v) is 13.1. The molecule has 9 atom stereocenters. The molecule has 2 nitrogen and oxygen atoms in total. The first kappa shape index (κ1) is 22.1. The minimum atomic E-state index is -1.15. The fourth-order valence-electron chi connectivity index (χ4n) is 9.38. The zero-order chi connectivity index (χ0) is 20.8. The molecule has 29 heavy (non-hydrogen) atoms. The Kier molecular flexibility index (Phi) is 6.45. The number of aliphatic hydroxyl groups is 2. The number of aliphatic hydroxyl groups excluding tert-OH is 1. The average molecular weight is 405 g/mol. The molecule has 0 aromatic carbocycles. The van der Waals surface area contributed by atoms with Crippen LogP contribution in [0, 0.1) is 52.3 Å². The molecule has 0 spiro atoms. The summed E-state index contributed by atoms with van der Waals surface area (Å²) in [6, 6.07) is 0. The van der Waals surface area contributed by atoms with Gasteiger partial charge in [-0.2, -0.15) is 0 Å². The highest BCUT2D eigenvalue weighted by molar-refractivity contribution is 5.09. The van der Waals surface area contributed by atoms with Crippen LogP contribution in [0.2, 0.25) is 0 Å². The van der Waals surface area contributed by atoms with Crippen LogP contribution in [0.5, 0.6) is 0 Å². The van der Waals surface area contributed by atoms with Crippen LogP contribution in [0.25, 0.3) is 0 Å². The molecule has 0 amide bonds. The number of hydrogen-bond acceptors (Lipinski definition) is 2. The number of fused-ring (bicyclic) bond motifs is 5. The lowest BCUT2D eigenvalue weighted by atomic mass is 9.44. The molecule has 4 aliphatic carbocycles. The Bertz CT molecular complexity index is 559. The molecule has 0 aromatic heterocycles. The molecular formula is C27H48O2. The molecule has 0 saturated heterocycles. The second-order valence-electron chi connectivity index (χ2n) is 12.4. The predicted molar refractivity (Wildman–Crippen MR) is 120 cm³/mol.